The van der Waals surface area contributed by atoms with Gasteiger partial charge in [0.15, 0.2) is 12.4 Å². The van der Waals surface area contributed by atoms with E-state index in [-0.39, 0.29) is 44.7 Å². The number of fused-ring (bicyclic) bond motifs is 2. The van der Waals surface area contributed by atoms with Gasteiger partial charge in [-0.15, -0.1) is 0 Å². The molecule has 1 saturated carbocycles. The summed E-state index contributed by atoms with van der Waals surface area (Å²) in [5, 5.41) is 0.610. The molecule has 4 atom stereocenters. The molecule has 0 spiro atoms. The number of aryl methyl sites for hydroxylation is 1. The second kappa shape index (κ2) is 12.2. The van der Waals surface area contributed by atoms with Crippen LogP contribution in [-0.4, -0.2) is 51.9 Å². The number of Topliss-reactive ketones (excluding diaryl/α,β-unsaturated/α-hetero) is 1. The van der Waals surface area contributed by atoms with Gasteiger partial charge in [0.1, 0.15) is 5.75 Å². The van der Waals surface area contributed by atoms with Crippen LogP contribution in [0.5, 0.6) is 5.75 Å². The van der Waals surface area contributed by atoms with Crippen LogP contribution >= 0.6 is 31.9 Å². The number of nitrogens with zero attached hydrogens (tertiary/aromatic N) is 2. The van der Waals surface area contributed by atoms with Crippen LogP contribution in [-0.2, 0) is 14.3 Å². The molecular weight excluding hydrogens is 692 g/mol. The van der Waals surface area contributed by atoms with Crippen molar-refractivity contribution in [1.29, 1.82) is 0 Å². The van der Waals surface area contributed by atoms with Crippen molar-refractivity contribution in [3.63, 3.8) is 0 Å². The van der Waals surface area contributed by atoms with Crippen LogP contribution in [0.3, 0.4) is 0 Å². The summed E-state index contributed by atoms with van der Waals surface area (Å²) in [5.41, 5.74) is 3.93. The highest BCUT2D eigenvalue weighted by Crippen LogP contribution is 2.44. The van der Waals surface area contributed by atoms with Gasteiger partial charge < -0.3 is 9.47 Å². The third-order valence-electron chi connectivity index (χ3n) is 8.26. The smallest absolute Gasteiger partial charge is 0.339 e. The first-order chi connectivity index (χ1) is 21.1. The molecule has 1 aliphatic heterocycles. The molecule has 0 N–H and O–H groups in total. The molecule has 3 aromatic carbocycles. The maximum atomic E-state index is 13.3. The van der Waals surface area contributed by atoms with Gasteiger partial charge in [0.25, 0.3) is 0 Å². The second-order valence-corrected chi connectivity index (χ2v) is 13.4. The van der Waals surface area contributed by atoms with E-state index in [0.717, 1.165) is 5.56 Å². The number of ketones is 1. The SMILES string of the molecule is COc1ccc(C(=O)COC(=O)c2cc(-c3ccc(N4C(=O)C5CC(Br)C(Br)CC5C4=O)cc3)nc3ccc(C)cc23)cc1. The summed E-state index contributed by atoms with van der Waals surface area (Å²) >= 11 is 7.26. The van der Waals surface area contributed by atoms with Crippen LogP contribution in [0.1, 0.15) is 39.1 Å². The van der Waals surface area contributed by atoms with Gasteiger partial charge in [-0.25, -0.2) is 9.78 Å². The highest BCUT2D eigenvalue weighted by atomic mass is 79.9. The Kier molecular flexibility index (Phi) is 8.39. The summed E-state index contributed by atoms with van der Waals surface area (Å²) < 4.78 is 10.6. The van der Waals surface area contributed by atoms with Crippen molar-refractivity contribution in [3.05, 3.63) is 89.5 Å². The predicted octanol–water partition coefficient (Wildman–Crippen LogP) is 6.68. The van der Waals surface area contributed by atoms with E-state index < -0.39 is 12.6 Å². The van der Waals surface area contributed by atoms with Gasteiger partial charge >= 0.3 is 5.97 Å². The van der Waals surface area contributed by atoms with Crippen LogP contribution in [0, 0.1) is 18.8 Å². The molecule has 0 bridgehead atoms. The zero-order chi connectivity index (χ0) is 31.1. The maximum Gasteiger partial charge on any atom is 0.339 e. The molecule has 8 nitrogen and oxygen atoms in total. The Hall–Kier alpha value is -3.89. The van der Waals surface area contributed by atoms with Gasteiger partial charge in [0, 0.05) is 26.2 Å². The Morgan fingerprint density at radius 2 is 1.52 bits per heavy atom. The number of carbonyl (C=O) groups excluding carboxylic acids is 4. The normalized spacial score (nSPS) is 21.3. The van der Waals surface area contributed by atoms with Crippen LogP contribution in [0.4, 0.5) is 5.69 Å². The van der Waals surface area contributed by atoms with Crippen molar-refractivity contribution in [2.24, 2.45) is 11.8 Å². The first-order valence-electron chi connectivity index (χ1n) is 14.2. The fourth-order valence-electron chi connectivity index (χ4n) is 5.86. The number of carbonyl (C=O) groups is 4. The molecule has 2 heterocycles. The van der Waals surface area contributed by atoms with Crippen LogP contribution in [0.15, 0.2) is 72.8 Å². The fraction of sp³-hybridized carbons (Fsp3) is 0.265. The van der Waals surface area contributed by atoms with Gasteiger partial charge in [0.05, 0.1) is 41.4 Å². The molecule has 4 unspecified atom stereocenters. The zero-order valence-corrected chi connectivity index (χ0v) is 27.1. The number of ether oxygens (including phenoxy) is 2. The standard InChI is InChI=1S/C34H28Br2N2O6/c1-18-3-12-29-23(13-18)26(34(42)44-17-31(39)20-6-10-22(43-2)11-7-20)16-30(37-29)19-4-8-21(9-5-19)38-32(40)24-14-27(35)28(36)15-25(24)33(38)41/h3-13,16,24-25,27-28H,14-15,17H2,1-2H3. The van der Waals surface area contributed by atoms with Gasteiger partial charge in [0.2, 0.25) is 11.8 Å². The monoisotopic (exact) mass is 718 g/mol. The highest BCUT2D eigenvalue weighted by Gasteiger charge is 2.52. The number of amides is 2. The summed E-state index contributed by atoms with van der Waals surface area (Å²) in [7, 11) is 1.54. The summed E-state index contributed by atoms with van der Waals surface area (Å²) in [5.74, 6) is -1.39. The lowest BCUT2D eigenvalue weighted by Gasteiger charge is -2.29. The van der Waals surface area contributed by atoms with E-state index in [0.29, 0.717) is 52.0 Å². The molecule has 2 fully saturated rings. The number of imide groups is 1. The molecule has 2 amide bonds. The number of hydrogen-bond donors (Lipinski definition) is 0. The van der Waals surface area contributed by atoms with Crippen molar-refractivity contribution in [3.8, 4) is 17.0 Å². The minimum atomic E-state index is -0.645. The van der Waals surface area contributed by atoms with E-state index in [9.17, 15) is 19.2 Å². The number of hydrogen-bond acceptors (Lipinski definition) is 7. The number of alkyl halides is 2. The van der Waals surface area contributed by atoms with Crippen molar-refractivity contribution in [1.82, 2.24) is 4.98 Å². The Labute approximate surface area is 271 Å². The lowest BCUT2D eigenvalue weighted by Crippen LogP contribution is -2.34. The quantitative estimate of drug-likeness (QED) is 0.0909. The summed E-state index contributed by atoms with van der Waals surface area (Å²) in [6.07, 6.45) is 1.20. The molecular formula is C34H28Br2N2O6. The Balaban J connectivity index is 1.26. The molecule has 2 aliphatic rings. The molecule has 224 valence electrons. The lowest BCUT2D eigenvalue weighted by atomic mass is 9.81. The molecule has 10 heteroatoms. The molecule has 1 aliphatic carbocycles. The van der Waals surface area contributed by atoms with Gasteiger partial charge in [-0.05, 0) is 74.4 Å². The minimum absolute atomic E-state index is 0.132. The lowest BCUT2D eigenvalue weighted by molar-refractivity contribution is -0.122. The predicted molar refractivity (Wildman–Crippen MR) is 174 cm³/mol. The van der Waals surface area contributed by atoms with E-state index in [1.807, 2.05) is 25.1 Å². The minimum Gasteiger partial charge on any atom is -0.497 e. The second-order valence-electron chi connectivity index (χ2n) is 11.1. The maximum absolute atomic E-state index is 13.3. The Morgan fingerprint density at radius 1 is 0.886 bits per heavy atom. The van der Waals surface area contributed by atoms with E-state index in [1.165, 1.54) is 4.90 Å². The van der Waals surface area contributed by atoms with Crippen LogP contribution < -0.4 is 9.64 Å². The van der Waals surface area contributed by atoms with Crippen molar-refractivity contribution < 1.29 is 28.7 Å². The van der Waals surface area contributed by atoms with Gasteiger partial charge in [-0.2, -0.15) is 0 Å². The number of aromatic nitrogens is 1. The van der Waals surface area contributed by atoms with Gasteiger partial charge in [-0.1, -0.05) is 55.6 Å². The summed E-state index contributed by atoms with van der Waals surface area (Å²) in [6.45, 7) is 1.50. The number of halogens is 2. The number of benzene rings is 3. The number of anilines is 1. The summed E-state index contributed by atoms with van der Waals surface area (Å²) in [6, 6.07) is 20.8. The number of methoxy groups -OCH3 is 1. The Bertz CT molecular complexity index is 1760. The van der Waals surface area contributed by atoms with Gasteiger partial charge in [-0.3, -0.25) is 19.3 Å². The highest BCUT2D eigenvalue weighted by molar-refractivity contribution is 9.12. The molecule has 1 saturated heterocycles. The molecule has 1 aromatic heterocycles. The molecule has 44 heavy (non-hydrogen) atoms. The molecule has 6 rings (SSSR count). The van der Waals surface area contributed by atoms with Crippen molar-refractivity contribution in [2.75, 3.05) is 18.6 Å². The first-order valence-corrected chi connectivity index (χ1v) is 16.0. The van der Waals surface area contributed by atoms with Crippen LogP contribution in [0.25, 0.3) is 22.2 Å². The molecule has 0 radical (unpaired) electrons. The Morgan fingerprint density at radius 3 is 2.14 bits per heavy atom. The number of rotatable bonds is 7. The third kappa shape index (κ3) is 5.68. The van der Waals surface area contributed by atoms with Crippen molar-refractivity contribution in [2.45, 2.75) is 29.4 Å². The fourth-order valence-corrected chi connectivity index (χ4v) is 7.09. The number of esters is 1. The largest absolute Gasteiger partial charge is 0.497 e. The van der Waals surface area contributed by atoms with Crippen LogP contribution in [0.2, 0.25) is 0 Å². The average molecular weight is 720 g/mol. The van der Waals surface area contributed by atoms with E-state index in [4.69, 9.17) is 14.5 Å². The van der Waals surface area contributed by atoms with E-state index >= 15 is 0 Å². The first kappa shape index (κ1) is 30.1. The number of pyridine rings is 1. The van der Waals surface area contributed by atoms with E-state index in [2.05, 4.69) is 31.9 Å². The molecule has 4 aromatic rings. The topological polar surface area (TPSA) is 103 Å². The third-order valence-corrected chi connectivity index (χ3v) is 11.0. The zero-order valence-electron chi connectivity index (χ0n) is 24.0. The summed E-state index contributed by atoms with van der Waals surface area (Å²) in [4.78, 5) is 58.9. The van der Waals surface area contributed by atoms with Crippen molar-refractivity contribution >= 4 is 72.0 Å². The van der Waals surface area contributed by atoms with E-state index in [1.54, 1.807) is 61.7 Å². The average Bonchev–Trinajstić information content (AvgIpc) is 3.27.